The van der Waals surface area contributed by atoms with E-state index in [4.69, 9.17) is 15.9 Å². The van der Waals surface area contributed by atoms with Crippen molar-refractivity contribution >= 4 is 29.7 Å². The number of aliphatic carboxylic acids is 2. The summed E-state index contributed by atoms with van der Waals surface area (Å²) in [6, 6.07) is 0.0484. The zero-order valence-corrected chi connectivity index (χ0v) is 18.0. The number of nitrogens with two attached hydrogens (primary N) is 1. The quantitative estimate of drug-likeness (QED) is 0.163. The molecule has 0 saturated carbocycles. The third-order valence-corrected chi connectivity index (χ3v) is 4.53. The predicted molar refractivity (Wildman–Crippen MR) is 113 cm³/mol. The Hall–Kier alpha value is -3.71. The lowest BCUT2D eigenvalue weighted by atomic mass is 10.0. The summed E-state index contributed by atoms with van der Waals surface area (Å²) in [5, 5.41) is 43.9. The first-order chi connectivity index (χ1) is 15.3. The molecule has 0 fully saturated rings. The summed E-state index contributed by atoms with van der Waals surface area (Å²) in [5.74, 6) is -5.50. The number of amides is 3. The maximum atomic E-state index is 12.8. The number of benzene rings is 1. The fourth-order valence-electron chi connectivity index (χ4n) is 2.66. The molecule has 9 N–H and O–H groups in total. The summed E-state index contributed by atoms with van der Waals surface area (Å²) >= 11 is 0. The molecule has 0 aromatic heterocycles. The Labute approximate surface area is 189 Å². The summed E-state index contributed by atoms with van der Waals surface area (Å²) < 4.78 is 0. The summed E-state index contributed by atoms with van der Waals surface area (Å²) in [6.07, 6.45) is -2.26. The first-order valence-corrected chi connectivity index (χ1v) is 9.89. The Morgan fingerprint density at radius 3 is 1.97 bits per heavy atom. The van der Waals surface area contributed by atoms with Crippen LogP contribution < -0.4 is 21.7 Å². The van der Waals surface area contributed by atoms with Crippen LogP contribution in [0, 0.1) is 0 Å². The number of phenolic OH excluding ortho intramolecular Hbond substituents is 1. The van der Waals surface area contributed by atoms with Gasteiger partial charge >= 0.3 is 11.9 Å². The molecule has 0 aliphatic heterocycles. The molecule has 0 aliphatic carbocycles. The highest BCUT2D eigenvalue weighted by atomic mass is 16.4. The molecule has 182 valence electrons. The van der Waals surface area contributed by atoms with E-state index >= 15 is 0 Å². The highest BCUT2D eigenvalue weighted by Gasteiger charge is 2.32. The van der Waals surface area contributed by atoms with E-state index in [0.29, 0.717) is 5.56 Å². The van der Waals surface area contributed by atoms with Crippen LogP contribution in [0.5, 0.6) is 5.75 Å². The number of aliphatic hydroxyl groups excluding tert-OH is 1. The summed E-state index contributed by atoms with van der Waals surface area (Å²) in [7, 11) is 0. The van der Waals surface area contributed by atoms with Crippen LogP contribution in [-0.4, -0.2) is 80.4 Å². The molecule has 0 heterocycles. The highest BCUT2D eigenvalue weighted by molar-refractivity contribution is 5.95. The Kier molecular flexibility index (Phi) is 10.2. The Morgan fingerprint density at radius 2 is 1.48 bits per heavy atom. The smallest absolute Gasteiger partial charge is 0.325 e. The number of aromatic hydroxyl groups is 1. The van der Waals surface area contributed by atoms with Gasteiger partial charge in [-0.15, -0.1) is 0 Å². The van der Waals surface area contributed by atoms with Crippen molar-refractivity contribution in [2.24, 2.45) is 5.73 Å². The van der Waals surface area contributed by atoms with E-state index in [0.717, 1.165) is 0 Å². The van der Waals surface area contributed by atoms with Crippen LogP contribution in [0.15, 0.2) is 24.3 Å². The Morgan fingerprint density at radius 1 is 0.909 bits per heavy atom. The summed E-state index contributed by atoms with van der Waals surface area (Å²) in [4.78, 5) is 59.3. The minimum atomic E-state index is -1.58. The van der Waals surface area contributed by atoms with Crippen LogP contribution in [-0.2, 0) is 30.4 Å². The molecule has 1 aromatic carbocycles. The first kappa shape index (κ1) is 27.3. The molecular formula is C20H28N4O9. The van der Waals surface area contributed by atoms with E-state index in [1.165, 1.54) is 38.1 Å². The van der Waals surface area contributed by atoms with Gasteiger partial charge in [0.05, 0.1) is 18.6 Å². The molecule has 13 nitrogen and oxygen atoms in total. The van der Waals surface area contributed by atoms with E-state index in [1.807, 2.05) is 0 Å². The number of nitrogens with one attached hydrogen (secondary N) is 3. The van der Waals surface area contributed by atoms with Crippen molar-refractivity contribution < 1.29 is 44.4 Å². The van der Waals surface area contributed by atoms with Gasteiger partial charge in [-0.05, 0) is 31.5 Å². The average molecular weight is 468 g/mol. The molecule has 33 heavy (non-hydrogen) atoms. The van der Waals surface area contributed by atoms with Crippen LogP contribution in [0.2, 0.25) is 0 Å². The number of carbonyl (C=O) groups is 5. The van der Waals surface area contributed by atoms with Gasteiger partial charge in [0.2, 0.25) is 17.7 Å². The van der Waals surface area contributed by atoms with Gasteiger partial charge in [-0.3, -0.25) is 24.0 Å². The number of carboxylic acids is 2. The first-order valence-electron chi connectivity index (χ1n) is 9.89. The van der Waals surface area contributed by atoms with Crippen molar-refractivity contribution in [3.8, 4) is 5.75 Å². The molecule has 13 heteroatoms. The second-order valence-electron chi connectivity index (χ2n) is 7.43. The summed E-state index contributed by atoms with van der Waals surface area (Å²) in [6.45, 7) is 2.41. The van der Waals surface area contributed by atoms with Crippen LogP contribution >= 0.6 is 0 Å². The fraction of sp³-hybridized carbons (Fsp3) is 0.450. The minimum absolute atomic E-state index is 0.0298. The fourth-order valence-corrected chi connectivity index (χ4v) is 2.66. The zero-order valence-electron chi connectivity index (χ0n) is 18.0. The molecule has 3 amide bonds. The van der Waals surface area contributed by atoms with Crippen LogP contribution in [0.3, 0.4) is 0 Å². The third-order valence-electron chi connectivity index (χ3n) is 4.53. The largest absolute Gasteiger partial charge is 0.508 e. The normalized spacial score (nSPS) is 15.3. The second kappa shape index (κ2) is 12.4. The van der Waals surface area contributed by atoms with Crippen molar-refractivity contribution in [3.05, 3.63) is 29.8 Å². The van der Waals surface area contributed by atoms with E-state index in [-0.39, 0.29) is 12.2 Å². The van der Waals surface area contributed by atoms with Gasteiger partial charge in [-0.2, -0.15) is 0 Å². The van der Waals surface area contributed by atoms with Gasteiger partial charge in [0.1, 0.15) is 23.9 Å². The van der Waals surface area contributed by atoms with Crippen LogP contribution in [0.1, 0.15) is 25.8 Å². The number of hydrogen-bond acceptors (Lipinski definition) is 8. The third kappa shape index (κ3) is 9.13. The van der Waals surface area contributed by atoms with Crippen molar-refractivity contribution in [1.29, 1.82) is 0 Å². The van der Waals surface area contributed by atoms with E-state index in [9.17, 15) is 34.2 Å². The maximum Gasteiger partial charge on any atom is 0.325 e. The van der Waals surface area contributed by atoms with Gasteiger partial charge < -0.3 is 42.1 Å². The average Bonchev–Trinajstić information content (AvgIpc) is 2.71. The minimum Gasteiger partial charge on any atom is -0.508 e. The molecule has 5 atom stereocenters. The molecule has 0 spiro atoms. The highest BCUT2D eigenvalue weighted by Crippen LogP contribution is 2.12. The Bertz CT molecular complexity index is 873. The Balaban J connectivity index is 3.05. The van der Waals surface area contributed by atoms with Gasteiger partial charge in [-0.25, -0.2) is 0 Å². The van der Waals surface area contributed by atoms with E-state index in [1.54, 1.807) is 0 Å². The molecule has 5 unspecified atom stereocenters. The van der Waals surface area contributed by atoms with Gasteiger partial charge in [0.15, 0.2) is 0 Å². The second-order valence-corrected chi connectivity index (χ2v) is 7.43. The molecule has 0 radical (unpaired) electrons. The van der Waals surface area contributed by atoms with E-state index < -0.39 is 66.4 Å². The zero-order chi connectivity index (χ0) is 25.3. The number of phenols is 1. The lowest BCUT2D eigenvalue weighted by Crippen LogP contribution is -2.60. The van der Waals surface area contributed by atoms with Crippen molar-refractivity contribution in [2.45, 2.75) is 57.0 Å². The molecular weight excluding hydrogens is 440 g/mol. The van der Waals surface area contributed by atoms with Gasteiger partial charge in [0.25, 0.3) is 0 Å². The van der Waals surface area contributed by atoms with Crippen molar-refractivity contribution in [1.82, 2.24) is 16.0 Å². The van der Waals surface area contributed by atoms with Crippen LogP contribution in [0.25, 0.3) is 0 Å². The van der Waals surface area contributed by atoms with Gasteiger partial charge in [0, 0.05) is 6.42 Å². The predicted octanol–water partition coefficient (Wildman–Crippen LogP) is -2.32. The maximum absolute atomic E-state index is 12.8. The number of aliphatic hydroxyl groups is 1. The molecule has 1 rings (SSSR count). The topological polar surface area (TPSA) is 228 Å². The lowest BCUT2D eigenvalue weighted by Gasteiger charge is -2.26. The number of rotatable bonds is 12. The van der Waals surface area contributed by atoms with Gasteiger partial charge in [-0.1, -0.05) is 12.1 Å². The molecule has 1 aromatic rings. The molecule has 0 aliphatic rings. The molecule has 0 saturated heterocycles. The van der Waals surface area contributed by atoms with Crippen LogP contribution in [0.4, 0.5) is 0 Å². The summed E-state index contributed by atoms with van der Waals surface area (Å²) in [5.41, 5.74) is 5.98. The monoisotopic (exact) mass is 468 g/mol. The van der Waals surface area contributed by atoms with E-state index in [2.05, 4.69) is 16.0 Å². The lowest BCUT2D eigenvalue weighted by molar-refractivity contribution is -0.142. The SMILES string of the molecule is CC(NC(=O)C(Cc1ccc(O)cc1)NC(=O)C(NC(=O)C(N)CC(=O)O)C(C)O)C(=O)O. The number of hydrogen-bond donors (Lipinski definition) is 8. The number of carboxylic acid groups (broad SMARTS) is 2. The molecule has 0 bridgehead atoms. The number of carbonyl (C=O) groups excluding carboxylic acids is 3. The standard InChI is InChI=1S/C20H28N4O9/c1-9(20(32)33)22-18(30)14(7-11-3-5-12(26)6-4-11)23-19(31)16(10(2)25)24-17(29)13(21)8-15(27)28/h3-6,9-10,13-14,16,25-26H,7-8,21H2,1-2H3,(H,22,30)(H,23,31)(H,24,29)(H,27,28)(H,32,33). The van der Waals surface area contributed by atoms with Crippen molar-refractivity contribution in [2.75, 3.05) is 0 Å². The van der Waals surface area contributed by atoms with Crippen molar-refractivity contribution in [3.63, 3.8) is 0 Å².